The van der Waals surface area contributed by atoms with Gasteiger partial charge in [0.1, 0.15) is 10.6 Å². The lowest BCUT2D eigenvalue weighted by atomic mass is 9.97. The Morgan fingerprint density at radius 2 is 1.36 bits per heavy atom. The number of hydrogen-bond acceptors (Lipinski definition) is 4. The monoisotopic (exact) mass is 766 g/mol. The number of carboxylic acids is 1. The Morgan fingerprint density at radius 1 is 0.760 bits per heavy atom. The molecular weight excluding hydrogens is 738 g/mol. The Hall–Kier alpha value is -4.02. The number of carbonyl (C=O) groups is 1. The van der Waals surface area contributed by atoms with Gasteiger partial charge in [0, 0.05) is 46.0 Å². The first-order valence-corrected chi connectivity index (χ1v) is 18.5. The summed E-state index contributed by atoms with van der Waals surface area (Å²) in [4.78, 5) is 11.1. The van der Waals surface area contributed by atoms with Crippen molar-refractivity contribution >= 4 is 73.3 Å². The molecule has 6 rings (SSSR count). The van der Waals surface area contributed by atoms with Crippen LogP contribution in [0.3, 0.4) is 0 Å². The molecule has 1 heterocycles. The first-order chi connectivity index (χ1) is 24.0. The number of halogens is 4. The van der Waals surface area contributed by atoms with Gasteiger partial charge < -0.3 is 14.4 Å². The Morgan fingerprint density at radius 3 is 1.94 bits per heavy atom. The molecule has 0 bridgehead atoms. The molecule has 0 spiro atoms. The maximum atomic E-state index is 13.5. The van der Waals surface area contributed by atoms with Gasteiger partial charge in [0.05, 0.1) is 28.3 Å². The second kappa shape index (κ2) is 15.5. The van der Waals surface area contributed by atoms with E-state index in [1.165, 1.54) is 24.3 Å². The van der Waals surface area contributed by atoms with Crippen molar-refractivity contribution in [3.8, 4) is 5.75 Å². The van der Waals surface area contributed by atoms with Crippen molar-refractivity contribution in [2.45, 2.75) is 23.8 Å². The molecule has 0 fully saturated rings. The molecule has 0 aliphatic rings. The molecular formula is C38H30Cl4N2O5S. The Labute approximate surface area is 310 Å². The summed E-state index contributed by atoms with van der Waals surface area (Å²) in [7, 11) is -4.13. The fourth-order valence-electron chi connectivity index (χ4n) is 6.14. The minimum absolute atomic E-state index is 0.0163. The molecule has 0 unspecified atom stereocenters. The second-order valence-electron chi connectivity index (χ2n) is 11.5. The van der Waals surface area contributed by atoms with Crippen LogP contribution in [-0.2, 0) is 22.9 Å². The molecule has 0 aliphatic heterocycles. The predicted octanol–water partition coefficient (Wildman–Crippen LogP) is 9.73. The first kappa shape index (κ1) is 35.8. The van der Waals surface area contributed by atoms with Crippen LogP contribution in [0.5, 0.6) is 5.75 Å². The molecule has 12 heteroatoms. The lowest BCUT2D eigenvalue weighted by Crippen LogP contribution is -2.28. The van der Waals surface area contributed by atoms with E-state index < -0.39 is 16.0 Å². The van der Waals surface area contributed by atoms with Crippen LogP contribution >= 0.6 is 46.4 Å². The normalized spacial score (nSPS) is 11.7. The van der Waals surface area contributed by atoms with Crippen LogP contribution in [0.4, 0.5) is 0 Å². The predicted molar refractivity (Wildman–Crippen MR) is 200 cm³/mol. The minimum atomic E-state index is -4.13. The number of hydrogen-bond donors (Lipinski definition) is 2. The number of rotatable bonds is 13. The number of fused-ring (bicyclic) bond motifs is 1. The van der Waals surface area contributed by atoms with Crippen molar-refractivity contribution < 1.29 is 23.1 Å². The number of sulfonamides is 1. The highest BCUT2D eigenvalue weighted by atomic mass is 35.5. The summed E-state index contributed by atoms with van der Waals surface area (Å²) in [5.41, 5.74) is 4.95. The van der Waals surface area contributed by atoms with E-state index in [1.807, 2.05) is 54.6 Å². The van der Waals surface area contributed by atoms with Gasteiger partial charge in [-0.2, -0.15) is 0 Å². The number of ether oxygens (including phenoxy) is 1. The van der Waals surface area contributed by atoms with Crippen molar-refractivity contribution in [2.24, 2.45) is 0 Å². The lowest BCUT2D eigenvalue weighted by molar-refractivity contribution is 0.0697. The van der Waals surface area contributed by atoms with E-state index in [0.717, 1.165) is 33.3 Å². The van der Waals surface area contributed by atoms with Gasteiger partial charge in [0.15, 0.2) is 0 Å². The van der Waals surface area contributed by atoms with Gasteiger partial charge in [-0.05, 0) is 71.3 Å². The van der Waals surface area contributed by atoms with E-state index in [1.54, 1.807) is 12.1 Å². The van der Waals surface area contributed by atoms with Crippen molar-refractivity contribution in [3.63, 3.8) is 0 Å². The number of benzene rings is 5. The van der Waals surface area contributed by atoms with E-state index in [4.69, 9.17) is 51.1 Å². The average molecular weight is 769 g/mol. The summed E-state index contributed by atoms with van der Waals surface area (Å²) in [6, 6.07) is 34.5. The van der Waals surface area contributed by atoms with Crippen molar-refractivity contribution in [2.75, 3.05) is 13.2 Å². The lowest BCUT2D eigenvalue weighted by Gasteiger charge is -2.25. The smallest absolute Gasteiger partial charge is 0.335 e. The van der Waals surface area contributed by atoms with Crippen LogP contribution in [0.1, 0.15) is 38.8 Å². The Kier molecular flexibility index (Phi) is 11.1. The molecule has 0 saturated heterocycles. The topological polar surface area (TPSA) is 97.6 Å². The quantitative estimate of drug-likeness (QED) is 0.122. The van der Waals surface area contributed by atoms with Gasteiger partial charge in [-0.3, -0.25) is 0 Å². The highest BCUT2D eigenvalue weighted by Crippen LogP contribution is 2.38. The molecule has 0 aliphatic carbocycles. The Bertz CT molecular complexity index is 2200. The molecule has 1 aromatic heterocycles. The maximum Gasteiger partial charge on any atom is 0.335 e. The van der Waals surface area contributed by atoms with Crippen molar-refractivity contribution in [1.29, 1.82) is 0 Å². The molecule has 50 heavy (non-hydrogen) atoms. The third-order valence-corrected chi connectivity index (χ3v) is 11.1. The summed E-state index contributed by atoms with van der Waals surface area (Å²) >= 11 is 25.2. The van der Waals surface area contributed by atoms with Gasteiger partial charge in [0.25, 0.3) is 0 Å². The van der Waals surface area contributed by atoms with Crippen LogP contribution in [0.2, 0.25) is 20.1 Å². The zero-order valence-electron chi connectivity index (χ0n) is 26.3. The average Bonchev–Trinajstić information content (AvgIpc) is 3.37. The number of aromatic nitrogens is 1. The summed E-state index contributed by atoms with van der Waals surface area (Å²) < 4.78 is 38.1. The molecule has 0 saturated carbocycles. The largest absolute Gasteiger partial charge is 0.493 e. The molecule has 6 aromatic rings. The third-order valence-electron chi connectivity index (χ3n) is 8.28. The summed E-state index contributed by atoms with van der Waals surface area (Å²) in [5, 5.41) is 10.8. The van der Waals surface area contributed by atoms with Crippen LogP contribution in [0, 0.1) is 0 Å². The summed E-state index contributed by atoms with van der Waals surface area (Å²) in [5.74, 6) is -0.497. The highest BCUT2D eigenvalue weighted by Gasteiger charge is 2.27. The van der Waals surface area contributed by atoms with Gasteiger partial charge in [-0.15, -0.1) is 0 Å². The van der Waals surface area contributed by atoms with E-state index in [2.05, 4.69) is 33.6 Å². The SMILES string of the molecule is O=C(O)c1ccc(OCCc2c(CCNS(=O)(=O)c3c(Cl)cc(Cl)cc3Cl)n(C(c3ccccc3)c3ccccc3)c3ccc(Cl)cc23)cc1. The first-order valence-electron chi connectivity index (χ1n) is 15.5. The zero-order chi connectivity index (χ0) is 35.4. The Balaban J connectivity index is 1.44. The number of nitrogens with one attached hydrogen (secondary N) is 1. The van der Waals surface area contributed by atoms with Gasteiger partial charge in [-0.1, -0.05) is 107 Å². The number of carboxylic acid groups (broad SMARTS) is 1. The molecule has 2 N–H and O–H groups in total. The third kappa shape index (κ3) is 7.81. The van der Waals surface area contributed by atoms with E-state index in [-0.39, 0.29) is 51.1 Å². The molecule has 7 nitrogen and oxygen atoms in total. The molecule has 0 atom stereocenters. The van der Waals surface area contributed by atoms with Crippen LogP contribution in [0.25, 0.3) is 10.9 Å². The van der Waals surface area contributed by atoms with Crippen LogP contribution in [-0.4, -0.2) is 37.2 Å². The van der Waals surface area contributed by atoms with Crippen molar-refractivity contribution in [1.82, 2.24) is 9.29 Å². The van der Waals surface area contributed by atoms with Crippen molar-refractivity contribution in [3.05, 3.63) is 163 Å². The minimum Gasteiger partial charge on any atom is -0.493 e. The number of nitrogens with zero attached hydrogens (tertiary/aromatic N) is 1. The van der Waals surface area contributed by atoms with Crippen LogP contribution < -0.4 is 9.46 Å². The summed E-state index contributed by atoms with van der Waals surface area (Å²) in [6.07, 6.45) is 0.727. The van der Waals surface area contributed by atoms with E-state index in [9.17, 15) is 18.3 Å². The van der Waals surface area contributed by atoms with Gasteiger partial charge in [0.2, 0.25) is 10.0 Å². The summed E-state index contributed by atoms with van der Waals surface area (Å²) in [6.45, 7) is 0.274. The highest BCUT2D eigenvalue weighted by molar-refractivity contribution is 7.89. The van der Waals surface area contributed by atoms with Gasteiger partial charge in [-0.25, -0.2) is 17.9 Å². The zero-order valence-corrected chi connectivity index (χ0v) is 30.2. The molecule has 5 aromatic carbocycles. The molecule has 0 amide bonds. The second-order valence-corrected chi connectivity index (χ2v) is 14.8. The van der Waals surface area contributed by atoms with Gasteiger partial charge >= 0.3 is 5.97 Å². The molecule has 0 radical (unpaired) electrons. The maximum absolute atomic E-state index is 13.5. The molecule has 256 valence electrons. The fourth-order valence-corrected chi connectivity index (χ4v) is 8.88. The number of aromatic carboxylic acids is 1. The van der Waals surface area contributed by atoms with Crippen LogP contribution in [0.15, 0.2) is 120 Å². The van der Waals surface area contributed by atoms with E-state index in [0.29, 0.717) is 17.2 Å². The van der Waals surface area contributed by atoms with E-state index >= 15 is 0 Å². The fraction of sp³-hybridized carbons (Fsp3) is 0.132. The standard InChI is InChI=1S/C38H30Cl4N2O5S/c39-27-13-16-34-31(21-27)30(18-20-49-29-14-11-26(12-15-29)38(45)46)35(17-19-43-50(47,48)37-32(41)22-28(40)23-33(37)42)44(34)36(24-7-3-1-4-8-24)25-9-5-2-6-10-25/h1-16,21-23,36,43H,17-20H2,(H,45,46).